The summed E-state index contributed by atoms with van der Waals surface area (Å²) >= 11 is 0. The minimum absolute atomic E-state index is 0.211. The Hall–Kier alpha value is -3.77. The van der Waals surface area contributed by atoms with Gasteiger partial charge in [0.05, 0.1) is 25.9 Å². The highest BCUT2D eigenvalue weighted by molar-refractivity contribution is 5.80. The summed E-state index contributed by atoms with van der Waals surface area (Å²) in [5, 5.41) is 6.20. The van der Waals surface area contributed by atoms with Gasteiger partial charge in [-0.05, 0) is 40.8 Å². The second-order valence-corrected chi connectivity index (χ2v) is 8.49. The Labute approximate surface area is 207 Å². The van der Waals surface area contributed by atoms with Gasteiger partial charge in [0.1, 0.15) is 12.4 Å². The smallest absolute Gasteiger partial charge is 0.221 e. The van der Waals surface area contributed by atoms with E-state index in [9.17, 15) is 4.79 Å². The van der Waals surface area contributed by atoms with Gasteiger partial charge in [-0.25, -0.2) is 0 Å². The molecule has 4 rings (SSSR count). The number of hydrogen-bond donors (Lipinski definition) is 2. The molecule has 3 aromatic rings. The zero-order chi connectivity index (χ0) is 24.3. The van der Waals surface area contributed by atoms with Gasteiger partial charge in [-0.2, -0.15) is 0 Å². The molecule has 1 amide bonds. The minimum atomic E-state index is -0.304. The molecular formula is C29H32N3O3. The van der Waals surface area contributed by atoms with Crippen LogP contribution in [0.15, 0.2) is 91.3 Å². The lowest BCUT2D eigenvalue weighted by molar-refractivity contribution is -0.117. The average Bonchev–Trinajstić information content (AvgIpc) is 3.39. The maximum Gasteiger partial charge on any atom is 0.221 e. The van der Waals surface area contributed by atoms with Crippen molar-refractivity contribution in [3.8, 4) is 5.75 Å². The van der Waals surface area contributed by atoms with E-state index >= 15 is 0 Å². The van der Waals surface area contributed by atoms with Gasteiger partial charge in [0.25, 0.3) is 0 Å². The van der Waals surface area contributed by atoms with Gasteiger partial charge in [-0.3, -0.25) is 4.79 Å². The highest BCUT2D eigenvalue weighted by atomic mass is 16.5. The van der Waals surface area contributed by atoms with E-state index in [-0.39, 0.29) is 11.9 Å². The summed E-state index contributed by atoms with van der Waals surface area (Å²) in [5.74, 6) is 0.486. The molecule has 0 aromatic heterocycles. The van der Waals surface area contributed by atoms with Crippen LogP contribution in [0.1, 0.15) is 28.3 Å². The standard InChI is InChI=1S/C29H32N3O3/c1-23(33)31-29(19-32-16-15-30-22-32)28-13-12-27(35-21-25-10-6-3-7-11-25)18-26(28)14-17-34-20-24-8-4-2-5-9-24/h2-13,15-16,18,29-30H,1,14,17,19-22H2,(H,31,33)/t29-/m1/s1. The Balaban J connectivity index is 1.49. The monoisotopic (exact) mass is 470 g/mol. The number of amides is 1. The highest BCUT2D eigenvalue weighted by Gasteiger charge is 2.20. The molecule has 35 heavy (non-hydrogen) atoms. The van der Waals surface area contributed by atoms with Gasteiger partial charge in [0.15, 0.2) is 0 Å². The molecule has 3 aromatic carbocycles. The van der Waals surface area contributed by atoms with Crippen molar-refractivity contribution in [2.75, 3.05) is 19.8 Å². The summed E-state index contributed by atoms with van der Waals surface area (Å²) in [6.45, 7) is 6.49. The fourth-order valence-electron chi connectivity index (χ4n) is 4.07. The molecule has 0 bridgehead atoms. The fraction of sp³-hybridized carbons (Fsp3) is 0.241. The second-order valence-electron chi connectivity index (χ2n) is 8.49. The van der Waals surface area contributed by atoms with Crippen molar-refractivity contribution in [2.24, 2.45) is 0 Å². The van der Waals surface area contributed by atoms with E-state index < -0.39 is 0 Å². The third-order valence-electron chi connectivity index (χ3n) is 5.82. The molecule has 6 heteroatoms. The Morgan fingerprint density at radius 3 is 2.37 bits per heavy atom. The lowest BCUT2D eigenvalue weighted by Crippen LogP contribution is -2.36. The molecule has 0 unspecified atom stereocenters. The number of carbonyl (C=O) groups excluding carboxylic acids is 1. The molecule has 0 spiro atoms. The van der Waals surface area contributed by atoms with E-state index in [1.54, 1.807) is 0 Å². The van der Waals surface area contributed by atoms with Crippen LogP contribution >= 0.6 is 0 Å². The van der Waals surface area contributed by atoms with Crippen LogP contribution in [0.2, 0.25) is 0 Å². The van der Waals surface area contributed by atoms with E-state index in [0.717, 1.165) is 28.0 Å². The highest BCUT2D eigenvalue weighted by Crippen LogP contribution is 2.26. The summed E-state index contributed by atoms with van der Waals surface area (Å²) in [4.78, 5) is 14.1. The van der Waals surface area contributed by atoms with E-state index in [2.05, 4.69) is 40.7 Å². The van der Waals surface area contributed by atoms with Crippen LogP contribution in [0.3, 0.4) is 0 Å². The van der Waals surface area contributed by atoms with Crippen LogP contribution in [-0.2, 0) is 29.2 Å². The van der Waals surface area contributed by atoms with Crippen molar-refractivity contribution in [1.29, 1.82) is 0 Å². The molecular weight excluding hydrogens is 438 g/mol. The van der Waals surface area contributed by atoms with Crippen LogP contribution in [0.5, 0.6) is 5.75 Å². The van der Waals surface area contributed by atoms with Gasteiger partial charge < -0.3 is 25.0 Å². The van der Waals surface area contributed by atoms with Crippen molar-refractivity contribution < 1.29 is 14.3 Å². The first kappa shape index (κ1) is 24.4. The molecule has 1 aliphatic rings. The largest absolute Gasteiger partial charge is 0.489 e. The van der Waals surface area contributed by atoms with Crippen LogP contribution in [0.4, 0.5) is 0 Å². The van der Waals surface area contributed by atoms with Gasteiger partial charge in [-0.15, -0.1) is 0 Å². The lowest BCUT2D eigenvalue weighted by atomic mass is 9.97. The summed E-state index contributed by atoms with van der Waals surface area (Å²) in [7, 11) is 0. The number of hydrogen-bond acceptors (Lipinski definition) is 5. The molecule has 1 atom stereocenters. The van der Waals surface area contributed by atoms with E-state index in [1.807, 2.05) is 73.1 Å². The minimum Gasteiger partial charge on any atom is -0.489 e. The van der Waals surface area contributed by atoms with E-state index in [1.165, 1.54) is 0 Å². The van der Waals surface area contributed by atoms with Crippen LogP contribution < -0.4 is 15.4 Å². The number of carbonyl (C=O) groups is 1. The first-order valence-corrected chi connectivity index (χ1v) is 11.8. The molecule has 1 radical (unpaired) electrons. The van der Waals surface area contributed by atoms with Crippen LogP contribution in [0.25, 0.3) is 0 Å². The molecule has 6 nitrogen and oxygen atoms in total. The first-order valence-electron chi connectivity index (χ1n) is 11.8. The number of nitrogens with one attached hydrogen (secondary N) is 2. The Kier molecular flexibility index (Phi) is 8.79. The van der Waals surface area contributed by atoms with Crippen LogP contribution in [0, 0.1) is 6.92 Å². The molecule has 0 fully saturated rings. The van der Waals surface area contributed by atoms with E-state index in [0.29, 0.717) is 39.5 Å². The molecule has 0 saturated carbocycles. The van der Waals surface area contributed by atoms with E-state index in [4.69, 9.17) is 9.47 Å². The molecule has 2 N–H and O–H groups in total. The maximum atomic E-state index is 11.9. The predicted octanol–water partition coefficient (Wildman–Crippen LogP) is 4.35. The molecule has 0 saturated heterocycles. The number of nitrogens with zero attached hydrogens (tertiary/aromatic N) is 1. The lowest BCUT2D eigenvalue weighted by Gasteiger charge is -2.26. The second kappa shape index (κ2) is 12.6. The predicted molar refractivity (Wildman–Crippen MR) is 137 cm³/mol. The quantitative estimate of drug-likeness (QED) is 0.386. The van der Waals surface area contributed by atoms with Crippen molar-refractivity contribution in [3.05, 3.63) is 120 Å². The third kappa shape index (κ3) is 7.62. The topological polar surface area (TPSA) is 62.8 Å². The third-order valence-corrected chi connectivity index (χ3v) is 5.82. The zero-order valence-electron chi connectivity index (χ0n) is 19.9. The zero-order valence-corrected chi connectivity index (χ0v) is 19.9. The molecule has 1 aliphatic heterocycles. The molecule has 0 aliphatic carbocycles. The summed E-state index contributed by atoms with van der Waals surface area (Å²) in [6, 6.07) is 26.1. The van der Waals surface area contributed by atoms with Crippen molar-refractivity contribution >= 4 is 5.91 Å². The molecule has 1 heterocycles. The number of rotatable bonds is 12. The fourth-order valence-corrected chi connectivity index (χ4v) is 4.07. The molecule has 181 valence electrons. The van der Waals surface area contributed by atoms with Crippen molar-refractivity contribution in [3.63, 3.8) is 0 Å². The maximum absolute atomic E-state index is 11.9. The first-order chi connectivity index (χ1) is 17.2. The number of ether oxygens (including phenoxy) is 2. The number of benzene rings is 3. The van der Waals surface area contributed by atoms with Gasteiger partial charge in [0, 0.05) is 25.9 Å². The van der Waals surface area contributed by atoms with Gasteiger partial charge >= 0.3 is 0 Å². The Morgan fingerprint density at radius 1 is 1.00 bits per heavy atom. The Morgan fingerprint density at radius 2 is 1.71 bits per heavy atom. The summed E-state index contributed by atoms with van der Waals surface area (Å²) in [5.41, 5.74) is 4.37. The normalized spacial score (nSPS) is 13.3. The Bertz CT molecular complexity index is 1100. The van der Waals surface area contributed by atoms with Crippen molar-refractivity contribution in [2.45, 2.75) is 25.7 Å². The van der Waals surface area contributed by atoms with Gasteiger partial charge in [-0.1, -0.05) is 66.7 Å². The SMILES string of the molecule is [CH2]C(=O)N[C@H](CN1C=CNC1)c1ccc(OCc2ccccc2)cc1CCOCc1ccccc1. The van der Waals surface area contributed by atoms with Gasteiger partial charge in [0.2, 0.25) is 5.91 Å². The summed E-state index contributed by atoms with van der Waals surface area (Å²) < 4.78 is 12.1. The average molecular weight is 471 g/mol. The van der Waals surface area contributed by atoms with Crippen LogP contribution in [-0.4, -0.2) is 30.6 Å². The van der Waals surface area contributed by atoms with Crippen molar-refractivity contribution in [1.82, 2.24) is 15.5 Å². The summed E-state index contributed by atoms with van der Waals surface area (Å²) in [6.07, 6.45) is 4.59.